The number of anilines is 1. The van der Waals surface area contributed by atoms with Crippen molar-refractivity contribution in [1.29, 1.82) is 5.26 Å². The highest BCUT2D eigenvalue weighted by Crippen LogP contribution is 2.24. The molecule has 3 aromatic rings. The first-order valence-corrected chi connectivity index (χ1v) is 12.2. The van der Waals surface area contributed by atoms with E-state index < -0.39 is 22.5 Å². The van der Waals surface area contributed by atoms with Gasteiger partial charge in [-0.25, -0.2) is 13.8 Å². The third-order valence-corrected chi connectivity index (χ3v) is 6.83. The summed E-state index contributed by atoms with van der Waals surface area (Å²) in [5, 5.41) is 12.4. The summed E-state index contributed by atoms with van der Waals surface area (Å²) >= 11 is 2.12. The van der Waals surface area contributed by atoms with Gasteiger partial charge in [-0.1, -0.05) is 18.2 Å². The minimum atomic E-state index is -3.97. The number of hydrogen-bond acceptors (Lipinski definition) is 6. The number of nitriles is 1. The van der Waals surface area contributed by atoms with Gasteiger partial charge in [0.05, 0.1) is 16.8 Å². The Hall–Kier alpha value is -3.43. The van der Waals surface area contributed by atoms with Crippen molar-refractivity contribution >= 4 is 50.4 Å². The zero-order valence-electron chi connectivity index (χ0n) is 17.3. The molecule has 8 nitrogen and oxygen atoms in total. The number of halogens is 1. The van der Waals surface area contributed by atoms with Crippen LogP contribution in [0.2, 0.25) is 0 Å². The first kappa shape index (κ1) is 24.2. The number of nitrogens with one attached hydrogen (secondary N) is 1. The molecule has 0 fully saturated rings. The number of carbonyl (C=O) groups excluding carboxylic acids is 1. The predicted octanol–water partition coefficient (Wildman–Crippen LogP) is 3.54. The molecule has 0 aliphatic heterocycles. The van der Waals surface area contributed by atoms with Crippen LogP contribution in [0.3, 0.4) is 0 Å². The molecule has 168 valence electrons. The molecule has 0 bridgehead atoms. The van der Waals surface area contributed by atoms with Gasteiger partial charge in [-0.05, 0) is 88.8 Å². The molecular formula is C23H19IN4O4S. The Labute approximate surface area is 205 Å². The molecule has 0 saturated carbocycles. The van der Waals surface area contributed by atoms with Crippen LogP contribution >= 0.6 is 22.6 Å². The molecule has 33 heavy (non-hydrogen) atoms. The summed E-state index contributed by atoms with van der Waals surface area (Å²) in [6, 6.07) is 23.4. The van der Waals surface area contributed by atoms with Crippen molar-refractivity contribution in [3.63, 3.8) is 0 Å². The molecule has 10 heteroatoms. The molecule has 0 aliphatic rings. The number of sulfonamides is 1. The average Bonchev–Trinajstić information content (AvgIpc) is 2.83. The first-order valence-electron chi connectivity index (χ1n) is 9.65. The maximum atomic E-state index is 13.2. The van der Waals surface area contributed by atoms with Gasteiger partial charge >= 0.3 is 0 Å². The maximum Gasteiger partial charge on any atom is 0.264 e. The first-order chi connectivity index (χ1) is 15.9. The van der Waals surface area contributed by atoms with E-state index in [1.54, 1.807) is 66.7 Å². The van der Waals surface area contributed by atoms with Crippen LogP contribution in [0.15, 0.2) is 88.9 Å². The number of benzene rings is 3. The van der Waals surface area contributed by atoms with E-state index in [0.717, 1.165) is 7.88 Å². The highest BCUT2D eigenvalue weighted by atomic mass is 127. The molecule has 0 heterocycles. The molecule has 0 aliphatic carbocycles. The molecule has 0 radical (unpaired) electrons. The van der Waals surface area contributed by atoms with Crippen molar-refractivity contribution in [2.45, 2.75) is 4.90 Å². The fraction of sp³-hybridized carbons (Fsp3) is 0.0870. The quantitative estimate of drug-likeness (QED) is 0.239. The van der Waals surface area contributed by atoms with Crippen LogP contribution < -0.4 is 14.5 Å². The molecule has 3 aromatic carbocycles. The summed E-state index contributed by atoms with van der Waals surface area (Å²) in [6.07, 6.45) is 1.42. The van der Waals surface area contributed by atoms with E-state index in [1.165, 1.54) is 18.3 Å². The van der Waals surface area contributed by atoms with Crippen LogP contribution in [-0.2, 0) is 14.8 Å². The SMILES string of the molecule is N#CCOc1ccc(/C=N\NC(=O)CN(c2ccc(I)cc2)S(=O)(=O)c2ccccc2)cc1. The molecule has 0 atom stereocenters. The smallest absolute Gasteiger partial charge is 0.264 e. The standard InChI is InChI=1S/C23H19IN4O4S/c24-19-8-10-20(11-9-19)28(33(30,31)22-4-2-1-3-5-22)17-23(29)27-26-16-18-6-12-21(13-7-18)32-15-14-25/h1-13,16H,15,17H2,(H,27,29)/b26-16-. The lowest BCUT2D eigenvalue weighted by Gasteiger charge is -2.23. The number of nitrogens with zero attached hydrogens (tertiary/aromatic N) is 3. The lowest BCUT2D eigenvalue weighted by Crippen LogP contribution is -2.39. The summed E-state index contributed by atoms with van der Waals surface area (Å²) in [6.45, 7) is -0.497. The Morgan fingerprint density at radius 3 is 2.36 bits per heavy atom. The van der Waals surface area contributed by atoms with Crippen molar-refractivity contribution in [3.8, 4) is 11.8 Å². The second-order valence-corrected chi connectivity index (χ2v) is 9.72. The van der Waals surface area contributed by atoms with Gasteiger partial charge in [0, 0.05) is 3.57 Å². The van der Waals surface area contributed by atoms with Gasteiger partial charge in [-0.3, -0.25) is 9.10 Å². The van der Waals surface area contributed by atoms with Gasteiger partial charge < -0.3 is 4.74 Å². The van der Waals surface area contributed by atoms with E-state index >= 15 is 0 Å². The van der Waals surface area contributed by atoms with Crippen LogP contribution in [0, 0.1) is 14.9 Å². The van der Waals surface area contributed by atoms with Gasteiger partial charge in [-0.15, -0.1) is 0 Å². The minimum absolute atomic E-state index is 0.0492. The van der Waals surface area contributed by atoms with Gasteiger partial charge in [0.25, 0.3) is 15.9 Å². The Kier molecular flexibility index (Phi) is 8.39. The Balaban J connectivity index is 1.73. The summed E-state index contributed by atoms with van der Waals surface area (Å²) in [5.74, 6) is -0.0599. The van der Waals surface area contributed by atoms with E-state index in [1.807, 2.05) is 6.07 Å². The number of amides is 1. The van der Waals surface area contributed by atoms with E-state index in [-0.39, 0.29) is 11.5 Å². The number of rotatable bonds is 9. The van der Waals surface area contributed by atoms with Crippen molar-refractivity contribution in [2.75, 3.05) is 17.5 Å². The van der Waals surface area contributed by atoms with Crippen molar-refractivity contribution < 1.29 is 17.9 Å². The van der Waals surface area contributed by atoms with Crippen LogP contribution in [0.4, 0.5) is 5.69 Å². The summed E-state index contributed by atoms with van der Waals surface area (Å²) in [7, 11) is -3.97. The fourth-order valence-electron chi connectivity index (χ4n) is 2.75. The van der Waals surface area contributed by atoms with Gasteiger partial charge in [0.2, 0.25) is 0 Å². The lowest BCUT2D eigenvalue weighted by atomic mass is 10.2. The Morgan fingerprint density at radius 2 is 1.73 bits per heavy atom. The third kappa shape index (κ3) is 6.77. The molecule has 0 saturated heterocycles. The summed E-state index contributed by atoms with van der Waals surface area (Å²) < 4.78 is 33.6. The van der Waals surface area contributed by atoms with Crippen LogP contribution in [-0.4, -0.2) is 33.7 Å². The molecule has 0 unspecified atom stereocenters. The second-order valence-electron chi connectivity index (χ2n) is 6.61. The highest BCUT2D eigenvalue weighted by Gasteiger charge is 2.27. The number of hydrogen-bond donors (Lipinski definition) is 1. The van der Waals surface area contributed by atoms with Gasteiger partial charge in [0.1, 0.15) is 18.4 Å². The zero-order chi connectivity index (χ0) is 23.7. The number of hydrazone groups is 1. The van der Waals surface area contributed by atoms with Crippen LogP contribution in [0.1, 0.15) is 5.56 Å². The van der Waals surface area contributed by atoms with Gasteiger partial charge in [0.15, 0.2) is 6.61 Å². The van der Waals surface area contributed by atoms with Crippen molar-refractivity contribution in [1.82, 2.24) is 5.43 Å². The predicted molar refractivity (Wildman–Crippen MR) is 133 cm³/mol. The fourth-order valence-corrected chi connectivity index (χ4v) is 4.55. The van der Waals surface area contributed by atoms with Gasteiger partial charge in [-0.2, -0.15) is 10.4 Å². The van der Waals surface area contributed by atoms with E-state index in [2.05, 4.69) is 33.1 Å². The molecule has 0 spiro atoms. The second kappa shape index (κ2) is 11.4. The normalized spacial score (nSPS) is 11.0. The highest BCUT2D eigenvalue weighted by molar-refractivity contribution is 14.1. The van der Waals surface area contributed by atoms with E-state index in [4.69, 9.17) is 10.00 Å². The summed E-state index contributed by atoms with van der Waals surface area (Å²) in [4.78, 5) is 12.6. The number of carbonyl (C=O) groups is 1. The molecular weight excluding hydrogens is 555 g/mol. The maximum absolute atomic E-state index is 13.2. The van der Waals surface area contributed by atoms with Crippen LogP contribution in [0.5, 0.6) is 5.75 Å². The largest absolute Gasteiger partial charge is 0.479 e. The Morgan fingerprint density at radius 1 is 1.06 bits per heavy atom. The average molecular weight is 574 g/mol. The third-order valence-electron chi connectivity index (χ3n) is 4.32. The lowest BCUT2D eigenvalue weighted by molar-refractivity contribution is -0.119. The molecule has 1 amide bonds. The van der Waals surface area contributed by atoms with E-state index in [0.29, 0.717) is 17.0 Å². The topological polar surface area (TPSA) is 112 Å². The van der Waals surface area contributed by atoms with Crippen molar-refractivity contribution in [2.24, 2.45) is 5.10 Å². The zero-order valence-corrected chi connectivity index (χ0v) is 20.2. The molecule has 3 rings (SSSR count). The minimum Gasteiger partial charge on any atom is -0.479 e. The van der Waals surface area contributed by atoms with Crippen LogP contribution in [0.25, 0.3) is 0 Å². The monoisotopic (exact) mass is 574 g/mol. The van der Waals surface area contributed by atoms with Crippen molar-refractivity contribution in [3.05, 3.63) is 88.0 Å². The Bertz CT molecular complexity index is 1260. The molecule has 0 aromatic heterocycles. The number of ether oxygens (including phenoxy) is 1. The summed E-state index contributed by atoms with van der Waals surface area (Å²) in [5.41, 5.74) is 3.42. The molecule has 1 N–H and O–H groups in total. The van der Waals surface area contributed by atoms with E-state index in [9.17, 15) is 13.2 Å².